The molecule has 0 bridgehead atoms. The van der Waals surface area contributed by atoms with Gasteiger partial charge in [-0.2, -0.15) is 0 Å². The summed E-state index contributed by atoms with van der Waals surface area (Å²) in [4.78, 5) is 33.4. The van der Waals surface area contributed by atoms with Gasteiger partial charge in [-0.05, 0) is 43.9 Å². The van der Waals surface area contributed by atoms with E-state index in [-0.39, 0.29) is 24.1 Å². The minimum absolute atomic E-state index is 0.0580. The van der Waals surface area contributed by atoms with E-state index >= 15 is 0 Å². The summed E-state index contributed by atoms with van der Waals surface area (Å²) in [6.45, 7) is 17.1. The number of hydrogen-bond acceptors (Lipinski definition) is 4. The lowest BCUT2D eigenvalue weighted by atomic mass is 10.1. The molecule has 0 saturated carbocycles. The van der Waals surface area contributed by atoms with Crippen LogP contribution in [0, 0.1) is 13.8 Å². The number of benzene rings is 1. The van der Waals surface area contributed by atoms with Crippen molar-refractivity contribution in [1.29, 1.82) is 0 Å². The van der Waals surface area contributed by atoms with Crippen molar-refractivity contribution in [3.05, 3.63) is 48.6 Å². The van der Waals surface area contributed by atoms with Gasteiger partial charge in [0.2, 0.25) is 0 Å². The molecule has 0 radical (unpaired) electrons. The zero-order valence-corrected chi connectivity index (χ0v) is 23.5. The lowest BCUT2D eigenvalue weighted by molar-refractivity contribution is 0.0966. The van der Waals surface area contributed by atoms with Crippen molar-refractivity contribution in [1.82, 2.24) is 9.80 Å². The molecule has 8 nitrogen and oxygen atoms in total. The minimum atomic E-state index is -0.140. The van der Waals surface area contributed by atoms with Crippen LogP contribution in [-0.2, 0) is 9.47 Å². The monoisotopic (exact) mass is 502 g/mol. The molecule has 0 aliphatic heterocycles. The molecule has 202 valence electrons. The Morgan fingerprint density at radius 1 is 0.778 bits per heavy atom. The second kappa shape index (κ2) is 15.3. The molecule has 4 amide bonds. The first kappa shape index (κ1) is 31.2. The second-order valence-corrected chi connectivity index (χ2v) is 9.11. The van der Waals surface area contributed by atoms with Gasteiger partial charge in [-0.25, -0.2) is 9.59 Å². The van der Waals surface area contributed by atoms with Gasteiger partial charge >= 0.3 is 12.1 Å². The van der Waals surface area contributed by atoms with Crippen molar-refractivity contribution in [3.8, 4) is 0 Å². The predicted molar refractivity (Wildman–Crippen MR) is 149 cm³/mol. The van der Waals surface area contributed by atoms with Gasteiger partial charge in [-0.15, -0.1) is 13.2 Å². The highest BCUT2D eigenvalue weighted by Crippen LogP contribution is 2.30. The molecule has 0 heterocycles. The van der Waals surface area contributed by atoms with Crippen LogP contribution in [0.2, 0.25) is 0 Å². The Labute approximate surface area is 218 Å². The van der Waals surface area contributed by atoms with Gasteiger partial charge in [-0.3, -0.25) is 9.80 Å². The largest absolute Gasteiger partial charge is 0.375 e. The molecular formula is C28H46N4O4. The number of rotatable bonds is 14. The third-order valence-electron chi connectivity index (χ3n) is 6.54. The summed E-state index contributed by atoms with van der Waals surface area (Å²) in [5.74, 6) is 0. The first-order chi connectivity index (χ1) is 17.0. The number of hydrogen-bond donors (Lipinski definition) is 0. The Morgan fingerprint density at radius 2 is 1.14 bits per heavy atom. The van der Waals surface area contributed by atoms with E-state index in [1.807, 2.05) is 39.8 Å². The van der Waals surface area contributed by atoms with Crippen molar-refractivity contribution in [2.24, 2.45) is 0 Å². The molecule has 0 saturated heterocycles. The van der Waals surface area contributed by atoms with E-state index in [4.69, 9.17) is 9.47 Å². The van der Waals surface area contributed by atoms with Gasteiger partial charge in [0.05, 0.1) is 49.9 Å². The summed E-state index contributed by atoms with van der Waals surface area (Å²) in [7, 11) is 7.10. The maximum absolute atomic E-state index is 13.4. The predicted octanol–water partition coefficient (Wildman–Crippen LogP) is 5.24. The molecule has 0 N–H and O–H groups in total. The van der Waals surface area contributed by atoms with Crippen molar-refractivity contribution in [2.45, 2.75) is 52.6 Å². The number of aryl methyl sites for hydroxylation is 2. The van der Waals surface area contributed by atoms with Crippen LogP contribution in [0.25, 0.3) is 0 Å². The number of amides is 4. The third-order valence-corrected chi connectivity index (χ3v) is 6.54. The highest BCUT2D eigenvalue weighted by molar-refractivity contribution is 5.96. The number of carbonyl (C=O) groups is 2. The van der Waals surface area contributed by atoms with E-state index in [0.717, 1.165) is 35.3 Å². The van der Waals surface area contributed by atoms with E-state index in [9.17, 15) is 9.59 Å². The van der Waals surface area contributed by atoms with E-state index in [0.29, 0.717) is 26.4 Å². The Bertz CT molecular complexity index is 821. The molecule has 2 atom stereocenters. The molecule has 0 aliphatic carbocycles. The van der Waals surface area contributed by atoms with E-state index in [1.165, 1.54) is 0 Å². The quantitative estimate of drug-likeness (QED) is 0.258. The number of anilines is 2. The average Bonchev–Trinajstić information content (AvgIpc) is 2.87. The molecule has 1 rings (SSSR count). The summed E-state index contributed by atoms with van der Waals surface area (Å²) < 4.78 is 11.2. The zero-order valence-electron chi connectivity index (χ0n) is 23.5. The third kappa shape index (κ3) is 8.10. The molecular weight excluding hydrogens is 456 g/mol. The van der Waals surface area contributed by atoms with Crippen LogP contribution < -0.4 is 9.80 Å². The molecule has 0 fully saturated rings. The van der Waals surface area contributed by atoms with Gasteiger partial charge in [-0.1, -0.05) is 32.1 Å². The second-order valence-electron chi connectivity index (χ2n) is 9.11. The lowest BCUT2D eigenvalue weighted by Crippen LogP contribution is -2.47. The number of likely N-dealkylation sites (N-methyl/N-ethyl adjacent to an activating group) is 2. The highest BCUT2D eigenvalue weighted by Gasteiger charge is 2.27. The molecule has 36 heavy (non-hydrogen) atoms. The Morgan fingerprint density at radius 3 is 1.44 bits per heavy atom. The highest BCUT2D eigenvalue weighted by atomic mass is 16.5. The molecule has 1 aromatic carbocycles. The van der Waals surface area contributed by atoms with Gasteiger partial charge < -0.3 is 19.3 Å². The maximum atomic E-state index is 13.4. The molecule has 2 unspecified atom stereocenters. The van der Waals surface area contributed by atoms with E-state index in [2.05, 4.69) is 13.2 Å². The number of carbonyl (C=O) groups excluding carboxylic acids is 2. The van der Waals surface area contributed by atoms with Crippen molar-refractivity contribution in [3.63, 3.8) is 0 Å². The molecule has 0 aliphatic rings. The maximum Gasteiger partial charge on any atom is 0.324 e. The van der Waals surface area contributed by atoms with Crippen LogP contribution in [0.1, 0.15) is 37.8 Å². The zero-order chi connectivity index (χ0) is 27.4. The van der Waals surface area contributed by atoms with Crippen LogP contribution in [0.15, 0.2) is 37.4 Å². The fourth-order valence-corrected chi connectivity index (χ4v) is 4.13. The van der Waals surface area contributed by atoms with E-state index < -0.39 is 0 Å². The van der Waals surface area contributed by atoms with Crippen LogP contribution in [0.4, 0.5) is 21.0 Å². The van der Waals surface area contributed by atoms with Gasteiger partial charge in [0, 0.05) is 28.2 Å². The Balaban J connectivity index is 3.16. The van der Waals surface area contributed by atoms with Crippen molar-refractivity contribution < 1.29 is 19.1 Å². The topological polar surface area (TPSA) is 65.6 Å². The fraction of sp³-hybridized carbons (Fsp3) is 0.571. The summed E-state index contributed by atoms with van der Waals surface area (Å²) in [6.07, 6.45) is 4.93. The van der Waals surface area contributed by atoms with Crippen LogP contribution in [0.3, 0.4) is 0 Å². The summed E-state index contributed by atoms with van der Waals surface area (Å²) >= 11 is 0. The normalized spacial score (nSPS) is 12.4. The summed E-state index contributed by atoms with van der Waals surface area (Å²) in [5.41, 5.74) is 3.40. The standard InChI is InChI=1S/C28H46N4O4/c1-11-15-35-19-23(13-3)29(7)27(33)31(9)25-18-26(22(6)17-21(25)5)32(10)28(34)30(8)24(14-4)20-36-16-12-2/h11-12,17-18,23-24H,1-2,13-16,19-20H2,3-10H3. The van der Waals surface area contributed by atoms with Gasteiger partial charge in [0.1, 0.15) is 0 Å². The Hall–Kier alpha value is -2.84. The summed E-state index contributed by atoms with van der Waals surface area (Å²) in [6, 6.07) is 3.52. The average molecular weight is 503 g/mol. The smallest absolute Gasteiger partial charge is 0.324 e. The molecule has 1 aromatic rings. The number of ether oxygens (including phenoxy) is 2. The molecule has 0 aromatic heterocycles. The summed E-state index contributed by atoms with van der Waals surface area (Å²) in [5, 5.41) is 0. The number of urea groups is 2. The molecule has 8 heteroatoms. The first-order valence-corrected chi connectivity index (χ1v) is 12.5. The SMILES string of the molecule is C=CCOCC(CC)N(C)C(=O)N(C)c1cc(N(C)C(=O)N(C)C(CC)COCC=C)c(C)cc1C. The van der Waals surface area contributed by atoms with Crippen LogP contribution >= 0.6 is 0 Å². The Kier molecular flexibility index (Phi) is 13.3. The minimum Gasteiger partial charge on any atom is -0.375 e. The van der Waals surface area contributed by atoms with Gasteiger partial charge in [0.15, 0.2) is 0 Å². The van der Waals surface area contributed by atoms with Crippen LogP contribution in [0.5, 0.6) is 0 Å². The fourth-order valence-electron chi connectivity index (χ4n) is 4.13. The van der Waals surface area contributed by atoms with Crippen molar-refractivity contribution in [2.75, 3.05) is 64.4 Å². The van der Waals surface area contributed by atoms with Crippen LogP contribution in [-0.4, -0.2) is 88.6 Å². The first-order valence-electron chi connectivity index (χ1n) is 12.5. The van der Waals surface area contributed by atoms with Crippen molar-refractivity contribution >= 4 is 23.4 Å². The lowest BCUT2D eigenvalue weighted by Gasteiger charge is -2.34. The van der Waals surface area contributed by atoms with Gasteiger partial charge in [0.25, 0.3) is 0 Å². The van der Waals surface area contributed by atoms with E-state index in [1.54, 1.807) is 59.9 Å². The number of nitrogens with zero attached hydrogens (tertiary/aromatic N) is 4. The molecule has 0 spiro atoms.